The van der Waals surface area contributed by atoms with Crippen molar-refractivity contribution >= 4 is 22.6 Å². The van der Waals surface area contributed by atoms with E-state index in [4.69, 9.17) is 4.74 Å². The smallest absolute Gasteiger partial charge is 0.322 e. The zero-order valence-electron chi connectivity index (χ0n) is 18.0. The second-order valence-electron chi connectivity index (χ2n) is 8.07. The highest BCUT2D eigenvalue weighted by atomic mass is 19.1. The molecular weight excluding hydrogens is 405 g/mol. The van der Waals surface area contributed by atoms with Gasteiger partial charge in [0.25, 0.3) is 0 Å². The number of aromatic nitrogens is 1. The molecule has 0 spiro atoms. The number of aromatic amines is 1. The first kappa shape index (κ1) is 20.1. The van der Waals surface area contributed by atoms with Crippen LogP contribution in [0.1, 0.15) is 28.4 Å². The van der Waals surface area contributed by atoms with E-state index in [0.29, 0.717) is 13.0 Å². The van der Waals surface area contributed by atoms with Crippen LogP contribution in [0.2, 0.25) is 0 Å². The van der Waals surface area contributed by atoms with Crippen LogP contribution in [0.5, 0.6) is 5.75 Å². The van der Waals surface area contributed by atoms with Gasteiger partial charge in [-0.25, -0.2) is 9.18 Å². The van der Waals surface area contributed by atoms with Crippen LogP contribution in [0.4, 0.5) is 14.9 Å². The Hall–Kier alpha value is -3.80. The number of carbonyl (C=O) groups excluding carboxylic acids is 1. The van der Waals surface area contributed by atoms with Gasteiger partial charge in [0, 0.05) is 28.8 Å². The largest absolute Gasteiger partial charge is 0.497 e. The van der Waals surface area contributed by atoms with Crippen LogP contribution in [-0.2, 0) is 6.42 Å². The summed E-state index contributed by atoms with van der Waals surface area (Å²) in [6, 6.07) is 19.5. The van der Waals surface area contributed by atoms with Crippen LogP contribution in [0.25, 0.3) is 10.9 Å². The number of halogens is 1. The molecule has 162 valence electrons. The summed E-state index contributed by atoms with van der Waals surface area (Å²) < 4.78 is 19.1. The predicted octanol–water partition coefficient (Wildman–Crippen LogP) is 5.80. The number of hydrogen-bond donors (Lipinski definition) is 2. The fourth-order valence-corrected chi connectivity index (χ4v) is 4.51. The van der Waals surface area contributed by atoms with Crippen LogP contribution in [0.3, 0.4) is 0 Å². The average Bonchev–Trinajstić information content (AvgIpc) is 3.18. The van der Waals surface area contributed by atoms with Gasteiger partial charge in [0.05, 0.1) is 13.2 Å². The molecule has 5 nitrogen and oxygen atoms in total. The molecule has 32 heavy (non-hydrogen) atoms. The maximum atomic E-state index is 13.7. The minimum absolute atomic E-state index is 0.185. The van der Waals surface area contributed by atoms with Crippen molar-refractivity contribution in [2.75, 3.05) is 19.0 Å². The van der Waals surface area contributed by atoms with Crippen LogP contribution >= 0.6 is 0 Å². The third-order valence-electron chi connectivity index (χ3n) is 6.17. The molecule has 3 aromatic carbocycles. The summed E-state index contributed by atoms with van der Waals surface area (Å²) in [4.78, 5) is 18.7. The fourth-order valence-electron chi connectivity index (χ4n) is 4.51. The third kappa shape index (κ3) is 3.47. The van der Waals surface area contributed by atoms with Crippen molar-refractivity contribution in [1.29, 1.82) is 0 Å². The second kappa shape index (κ2) is 8.04. The molecule has 0 aliphatic carbocycles. The van der Waals surface area contributed by atoms with E-state index in [1.54, 1.807) is 19.2 Å². The molecule has 0 radical (unpaired) electrons. The number of benzene rings is 3. The summed E-state index contributed by atoms with van der Waals surface area (Å²) in [5.41, 5.74) is 5.73. The van der Waals surface area contributed by atoms with E-state index in [-0.39, 0.29) is 17.9 Å². The first-order chi connectivity index (χ1) is 15.5. The van der Waals surface area contributed by atoms with Crippen molar-refractivity contribution in [3.63, 3.8) is 0 Å². The third-order valence-corrected chi connectivity index (χ3v) is 6.17. The van der Waals surface area contributed by atoms with E-state index in [9.17, 15) is 9.18 Å². The number of hydrogen-bond acceptors (Lipinski definition) is 2. The monoisotopic (exact) mass is 429 g/mol. The van der Waals surface area contributed by atoms with Crippen LogP contribution < -0.4 is 10.1 Å². The van der Waals surface area contributed by atoms with Gasteiger partial charge in [0.1, 0.15) is 11.6 Å². The maximum Gasteiger partial charge on any atom is 0.322 e. The van der Waals surface area contributed by atoms with Gasteiger partial charge in [-0.05, 0) is 66.4 Å². The molecule has 1 aliphatic heterocycles. The van der Waals surface area contributed by atoms with Gasteiger partial charge in [0.2, 0.25) is 0 Å². The molecule has 4 aromatic rings. The Morgan fingerprint density at radius 2 is 1.91 bits per heavy atom. The van der Waals surface area contributed by atoms with Gasteiger partial charge in [0.15, 0.2) is 0 Å². The number of methoxy groups -OCH3 is 1. The van der Waals surface area contributed by atoms with Crippen molar-refractivity contribution in [3.05, 3.63) is 94.9 Å². The van der Waals surface area contributed by atoms with Crippen molar-refractivity contribution in [1.82, 2.24) is 9.88 Å². The molecule has 5 rings (SSSR count). The molecule has 1 atom stereocenters. The lowest BCUT2D eigenvalue weighted by Gasteiger charge is -2.36. The fraction of sp³-hybridized carbons (Fsp3) is 0.192. The Bertz CT molecular complexity index is 1300. The van der Waals surface area contributed by atoms with E-state index >= 15 is 0 Å². The van der Waals surface area contributed by atoms with E-state index in [0.717, 1.165) is 44.7 Å². The number of nitrogens with zero attached hydrogens (tertiary/aromatic N) is 1. The number of aryl methyl sites for hydroxylation is 1. The Morgan fingerprint density at radius 1 is 1.12 bits per heavy atom. The number of carbonyl (C=O) groups is 1. The molecule has 1 aromatic heterocycles. The molecule has 2 N–H and O–H groups in total. The van der Waals surface area contributed by atoms with E-state index in [1.807, 2.05) is 54.3 Å². The van der Waals surface area contributed by atoms with Gasteiger partial charge in [-0.2, -0.15) is 0 Å². The first-order valence-corrected chi connectivity index (χ1v) is 10.6. The van der Waals surface area contributed by atoms with Crippen molar-refractivity contribution in [2.24, 2.45) is 0 Å². The molecule has 6 heteroatoms. The number of urea groups is 1. The van der Waals surface area contributed by atoms with E-state index < -0.39 is 0 Å². The summed E-state index contributed by atoms with van der Waals surface area (Å²) in [5, 5.41) is 4.14. The van der Waals surface area contributed by atoms with Crippen LogP contribution in [0.15, 0.2) is 66.7 Å². The highest BCUT2D eigenvalue weighted by Gasteiger charge is 2.34. The predicted molar refractivity (Wildman–Crippen MR) is 124 cm³/mol. The summed E-state index contributed by atoms with van der Waals surface area (Å²) in [7, 11) is 1.65. The first-order valence-electron chi connectivity index (χ1n) is 10.6. The number of anilines is 1. The number of fused-ring (bicyclic) bond motifs is 3. The van der Waals surface area contributed by atoms with Gasteiger partial charge in [-0.1, -0.05) is 30.3 Å². The van der Waals surface area contributed by atoms with Crippen molar-refractivity contribution in [2.45, 2.75) is 19.4 Å². The summed E-state index contributed by atoms with van der Waals surface area (Å²) in [5.74, 6) is 0.486. The van der Waals surface area contributed by atoms with E-state index in [1.165, 1.54) is 12.1 Å². The van der Waals surface area contributed by atoms with Crippen molar-refractivity contribution < 1.29 is 13.9 Å². The zero-order chi connectivity index (χ0) is 22.2. The molecule has 1 aliphatic rings. The Balaban J connectivity index is 1.59. The lowest BCUT2D eigenvalue weighted by atomic mass is 9.92. The molecule has 0 fully saturated rings. The lowest BCUT2D eigenvalue weighted by molar-refractivity contribution is 0.193. The number of nitrogens with one attached hydrogen (secondary N) is 2. The maximum absolute atomic E-state index is 13.7. The van der Waals surface area contributed by atoms with Crippen LogP contribution in [-0.4, -0.2) is 29.6 Å². The number of rotatable bonds is 3. The highest BCUT2D eigenvalue weighted by molar-refractivity contribution is 5.92. The minimum Gasteiger partial charge on any atom is -0.497 e. The normalized spacial score (nSPS) is 15.5. The van der Waals surface area contributed by atoms with Gasteiger partial charge in [-0.15, -0.1) is 0 Å². The lowest BCUT2D eigenvalue weighted by Crippen LogP contribution is -2.43. The Morgan fingerprint density at radius 3 is 2.66 bits per heavy atom. The number of H-pyrrole nitrogens is 1. The van der Waals surface area contributed by atoms with Crippen molar-refractivity contribution in [3.8, 4) is 5.75 Å². The van der Waals surface area contributed by atoms with E-state index in [2.05, 4.69) is 10.3 Å². The van der Waals surface area contributed by atoms with Crippen LogP contribution in [0, 0.1) is 12.7 Å². The standard InChI is InChI=1S/C26H24FN3O2/c1-16-5-3-4-6-22(16)29-26(31)30-14-13-20-21-15-19(32-2)11-12-23(21)28-24(20)25(30)17-7-9-18(27)10-8-17/h3-12,15,25,28H,13-14H2,1-2H3,(H,29,31). The molecular formula is C26H24FN3O2. The number of ether oxygens (including phenoxy) is 1. The number of para-hydroxylation sites is 1. The zero-order valence-corrected chi connectivity index (χ0v) is 18.0. The molecule has 2 amide bonds. The van der Waals surface area contributed by atoms with Gasteiger partial charge < -0.3 is 19.9 Å². The van der Waals surface area contributed by atoms with Gasteiger partial charge >= 0.3 is 6.03 Å². The number of amides is 2. The molecule has 2 heterocycles. The summed E-state index contributed by atoms with van der Waals surface area (Å²) in [6.07, 6.45) is 0.710. The Labute approximate surface area is 185 Å². The second-order valence-corrected chi connectivity index (χ2v) is 8.07. The van der Waals surface area contributed by atoms with Gasteiger partial charge in [-0.3, -0.25) is 0 Å². The molecule has 0 saturated heterocycles. The molecule has 1 unspecified atom stereocenters. The topological polar surface area (TPSA) is 57.4 Å². The highest BCUT2D eigenvalue weighted by Crippen LogP contribution is 2.39. The average molecular weight is 429 g/mol. The Kier molecular flexibility index (Phi) is 5.05. The quantitative estimate of drug-likeness (QED) is 0.432. The summed E-state index contributed by atoms with van der Waals surface area (Å²) >= 11 is 0. The minimum atomic E-state index is -0.359. The molecule has 0 bridgehead atoms. The molecule has 0 saturated carbocycles. The summed E-state index contributed by atoms with van der Waals surface area (Å²) in [6.45, 7) is 2.50. The SMILES string of the molecule is COc1ccc2[nH]c3c(c2c1)CCN(C(=O)Nc1ccccc1C)C3c1ccc(F)cc1.